The van der Waals surface area contributed by atoms with Crippen LogP contribution in [-0.4, -0.2) is 25.1 Å². The molecule has 168 valence electrons. The zero-order valence-electron chi connectivity index (χ0n) is 19.4. The van der Waals surface area contributed by atoms with Crippen LogP contribution >= 0.6 is 11.3 Å². The van der Waals surface area contributed by atoms with Crippen LogP contribution in [0.25, 0.3) is 11.1 Å². The van der Waals surface area contributed by atoms with E-state index < -0.39 is 5.97 Å². The molecular formula is C26H29NO4S. The number of thiophene rings is 1. The Morgan fingerprint density at radius 1 is 0.938 bits per heavy atom. The number of hydrogen-bond acceptors (Lipinski definition) is 5. The number of nitrogens with one attached hydrogen (secondary N) is 1. The third-order valence-electron chi connectivity index (χ3n) is 5.56. The van der Waals surface area contributed by atoms with Crippen LogP contribution < -0.4 is 10.1 Å². The van der Waals surface area contributed by atoms with Crippen molar-refractivity contribution >= 4 is 28.2 Å². The van der Waals surface area contributed by atoms with Gasteiger partial charge in [-0.2, -0.15) is 0 Å². The van der Waals surface area contributed by atoms with Crippen LogP contribution in [0.1, 0.15) is 45.1 Å². The zero-order valence-corrected chi connectivity index (χ0v) is 20.2. The second kappa shape index (κ2) is 10.0. The first-order chi connectivity index (χ1) is 15.2. The molecule has 0 aliphatic heterocycles. The summed E-state index contributed by atoms with van der Waals surface area (Å²) < 4.78 is 11.1. The quantitative estimate of drug-likeness (QED) is 0.438. The lowest BCUT2D eigenvalue weighted by Gasteiger charge is -2.14. The molecule has 0 aliphatic carbocycles. The van der Waals surface area contributed by atoms with Crippen LogP contribution in [-0.2, 0) is 9.53 Å². The molecular weight excluding hydrogens is 422 g/mol. The fraction of sp³-hybridized carbons (Fsp3) is 0.308. The smallest absolute Gasteiger partial charge is 0.341 e. The van der Waals surface area contributed by atoms with Gasteiger partial charge in [-0.25, -0.2) is 4.79 Å². The Labute approximate surface area is 193 Å². The minimum Gasteiger partial charge on any atom is -0.483 e. The van der Waals surface area contributed by atoms with E-state index in [1.807, 2.05) is 70.3 Å². The SMILES string of the molecule is CCOC(=O)c1c(-c2ccc(C)c(C)c2)csc1NC(=O)COc1c(C)ccc(C)c1C. The second-order valence-electron chi connectivity index (χ2n) is 7.86. The molecule has 0 saturated carbocycles. The van der Waals surface area contributed by atoms with Gasteiger partial charge in [0.05, 0.1) is 6.61 Å². The molecule has 1 amide bonds. The summed E-state index contributed by atoms with van der Waals surface area (Å²) in [6, 6.07) is 10.0. The van der Waals surface area contributed by atoms with Gasteiger partial charge >= 0.3 is 5.97 Å². The maximum absolute atomic E-state index is 12.8. The summed E-state index contributed by atoms with van der Waals surface area (Å²) >= 11 is 1.31. The summed E-state index contributed by atoms with van der Waals surface area (Å²) in [5.41, 5.74) is 7.43. The predicted molar refractivity (Wildman–Crippen MR) is 130 cm³/mol. The molecule has 3 aromatic rings. The van der Waals surface area contributed by atoms with E-state index in [0.29, 0.717) is 16.3 Å². The van der Waals surface area contributed by atoms with Crippen LogP contribution in [0, 0.1) is 34.6 Å². The van der Waals surface area contributed by atoms with E-state index in [0.717, 1.165) is 33.4 Å². The molecule has 1 N–H and O–H groups in total. The van der Waals surface area contributed by atoms with Gasteiger partial charge in [0.1, 0.15) is 16.3 Å². The number of ether oxygens (including phenoxy) is 2. The minimum atomic E-state index is -0.455. The van der Waals surface area contributed by atoms with Crippen molar-refractivity contribution in [1.29, 1.82) is 0 Å². The van der Waals surface area contributed by atoms with Crippen LogP contribution in [0.4, 0.5) is 5.00 Å². The maximum Gasteiger partial charge on any atom is 0.341 e. The summed E-state index contributed by atoms with van der Waals surface area (Å²) in [7, 11) is 0. The van der Waals surface area contributed by atoms with Gasteiger partial charge in [0.25, 0.3) is 5.91 Å². The lowest BCUT2D eigenvalue weighted by molar-refractivity contribution is -0.118. The van der Waals surface area contributed by atoms with Crippen molar-refractivity contribution in [3.8, 4) is 16.9 Å². The summed E-state index contributed by atoms with van der Waals surface area (Å²) in [5, 5.41) is 5.18. The number of rotatable bonds is 7. The summed E-state index contributed by atoms with van der Waals surface area (Å²) in [6.45, 7) is 11.9. The van der Waals surface area contributed by atoms with Gasteiger partial charge in [0.15, 0.2) is 6.61 Å². The average molecular weight is 452 g/mol. The first kappa shape index (κ1) is 23.5. The maximum atomic E-state index is 12.8. The molecule has 0 fully saturated rings. The highest BCUT2D eigenvalue weighted by Gasteiger charge is 2.23. The first-order valence-corrected chi connectivity index (χ1v) is 11.5. The Balaban J connectivity index is 1.85. The Hall–Kier alpha value is -3.12. The average Bonchev–Trinajstić information content (AvgIpc) is 3.16. The molecule has 5 nitrogen and oxygen atoms in total. The summed E-state index contributed by atoms with van der Waals surface area (Å²) in [6.07, 6.45) is 0. The third kappa shape index (κ3) is 5.02. The van der Waals surface area contributed by atoms with Crippen molar-refractivity contribution in [3.63, 3.8) is 0 Å². The predicted octanol–water partition coefficient (Wildman–Crippen LogP) is 6.15. The number of carbonyl (C=O) groups is 2. The van der Waals surface area contributed by atoms with Gasteiger partial charge in [-0.3, -0.25) is 4.79 Å². The first-order valence-electron chi connectivity index (χ1n) is 10.6. The number of benzene rings is 2. The Morgan fingerprint density at radius 3 is 2.31 bits per heavy atom. The molecule has 0 saturated heterocycles. The number of hydrogen-bond donors (Lipinski definition) is 1. The number of aryl methyl sites for hydroxylation is 4. The van der Waals surface area contributed by atoms with Crippen LogP contribution in [0.3, 0.4) is 0 Å². The monoisotopic (exact) mass is 451 g/mol. The molecule has 0 unspecified atom stereocenters. The minimum absolute atomic E-state index is 0.149. The molecule has 1 heterocycles. The van der Waals surface area contributed by atoms with E-state index in [-0.39, 0.29) is 19.1 Å². The van der Waals surface area contributed by atoms with Gasteiger partial charge in [-0.1, -0.05) is 30.3 Å². The Morgan fingerprint density at radius 2 is 1.62 bits per heavy atom. The fourth-order valence-corrected chi connectivity index (χ4v) is 4.40. The fourth-order valence-electron chi connectivity index (χ4n) is 3.43. The standard InChI is InChI=1S/C26H29NO4S/c1-7-30-26(29)23-21(20-11-10-15(2)18(5)12-20)14-32-25(23)27-22(28)13-31-24-17(4)9-8-16(3)19(24)6/h8-12,14H,7,13H2,1-6H3,(H,27,28). The Kier molecular flexibility index (Phi) is 7.36. The largest absolute Gasteiger partial charge is 0.483 e. The van der Waals surface area contributed by atoms with E-state index in [9.17, 15) is 9.59 Å². The molecule has 0 aliphatic rings. The van der Waals surface area contributed by atoms with Crippen LogP contribution in [0.15, 0.2) is 35.7 Å². The number of esters is 1. The highest BCUT2D eigenvalue weighted by molar-refractivity contribution is 7.15. The van der Waals surface area contributed by atoms with E-state index in [4.69, 9.17) is 9.47 Å². The topological polar surface area (TPSA) is 64.6 Å². The van der Waals surface area contributed by atoms with Gasteiger partial charge in [-0.15, -0.1) is 11.3 Å². The molecule has 0 spiro atoms. The van der Waals surface area contributed by atoms with Gasteiger partial charge in [0.2, 0.25) is 0 Å². The van der Waals surface area contributed by atoms with E-state index in [1.165, 1.54) is 16.9 Å². The molecule has 32 heavy (non-hydrogen) atoms. The molecule has 0 atom stereocenters. The Bertz CT molecular complexity index is 1160. The lowest BCUT2D eigenvalue weighted by Crippen LogP contribution is -2.21. The number of amides is 1. The summed E-state index contributed by atoms with van der Waals surface area (Å²) in [5.74, 6) is -0.0688. The van der Waals surface area contributed by atoms with Crippen molar-refractivity contribution in [1.82, 2.24) is 0 Å². The number of anilines is 1. The van der Waals surface area contributed by atoms with E-state index in [1.54, 1.807) is 6.92 Å². The summed E-state index contributed by atoms with van der Waals surface area (Å²) in [4.78, 5) is 25.5. The van der Waals surface area contributed by atoms with Gasteiger partial charge < -0.3 is 14.8 Å². The highest BCUT2D eigenvalue weighted by atomic mass is 32.1. The molecule has 0 bridgehead atoms. The lowest BCUT2D eigenvalue weighted by atomic mass is 9.99. The van der Waals surface area contributed by atoms with Crippen molar-refractivity contribution in [2.24, 2.45) is 0 Å². The van der Waals surface area contributed by atoms with Crippen LogP contribution in [0.2, 0.25) is 0 Å². The van der Waals surface area contributed by atoms with Crippen molar-refractivity contribution < 1.29 is 19.1 Å². The van der Waals surface area contributed by atoms with Gasteiger partial charge in [0, 0.05) is 10.9 Å². The van der Waals surface area contributed by atoms with Crippen LogP contribution in [0.5, 0.6) is 5.75 Å². The van der Waals surface area contributed by atoms with Crippen molar-refractivity contribution in [2.75, 3.05) is 18.5 Å². The van der Waals surface area contributed by atoms with Gasteiger partial charge in [-0.05, 0) is 74.9 Å². The highest BCUT2D eigenvalue weighted by Crippen LogP contribution is 2.37. The third-order valence-corrected chi connectivity index (χ3v) is 6.46. The van der Waals surface area contributed by atoms with E-state index >= 15 is 0 Å². The molecule has 6 heteroatoms. The van der Waals surface area contributed by atoms with Crippen molar-refractivity contribution in [2.45, 2.75) is 41.5 Å². The molecule has 2 aromatic carbocycles. The molecule has 3 rings (SSSR count). The zero-order chi connectivity index (χ0) is 23.4. The molecule has 1 aromatic heterocycles. The normalized spacial score (nSPS) is 10.7. The van der Waals surface area contributed by atoms with E-state index in [2.05, 4.69) is 5.32 Å². The van der Waals surface area contributed by atoms with Crippen molar-refractivity contribution in [3.05, 3.63) is 69.1 Å². The molecule has 0 radical (unpaired) electrons. The second-order valence-corrected chi connectivity index (χ2v) is 8.74. The number of carbonyl (C=O) groups excluding carboxylic acids is 2.